The fourth-order valence-corrected chi connectivity index (χ4v) is 2.84. The number of hydrogen-bond acceptors (Lipinski definition) is 3. The Morgan fingerprint density at radius 2 is 1.52 bits per heavy atom. The molecule has 0 saturated heterocycles. The molecule has 0 unspecified atom stereocenters. The fourth-order valence-electron chi connectivity index (χ4n) is 2.84. The van der Waals surface area contributed by atoms with Crippen molar-refractivity contribution in [3.8, 4) is 0 Å². The Kier molecular flexibility index (Phi) is 3.65. The molecule has 0 spiro atoms. The molecular formula is C21H17N3O. The molecule has 0 saturated carbocycles. The van der Waals surface area contributed by atoms with Crippen LogP contribution in [0.15, 0.2) is 60.7 Å². The maximum Gasteiger partial charge on any atom is 0.255 e. The minimum atomic E-state index is -0.137. The second-order valence-corrected chi connectivity index (χ2v) is 6.11. The molecule has 122 valence electrons. The Labute approximate surface area is 145 Å². The lowest BCUT2D eigenvalue weighted by molar-refractivity contribution is 0.102. The zero-order valence-electron chi connectivity index (χ0n) is 14.1. The van der Waals surface area contributed by atoms with Gasteiger partial charge in [0.25, 0.3) is 5.91 Å². The van der Waals surface area contributed by atoms with Gasteiger partial charge in [0.2, 0.25) is 0 Å². The largest absolute Gasteiger partial charge is 0.322 e. The van der Waals surface area contributed by atoms with Crippen LogP contribution >= 0.6 is 0 Å². The molecule has 0 atom stereocenters. The minimum absolute atomic E-state index is 0.137. The van der Waals surface area contributed by atoms with Gasteiger partial charge in [-0.15, -0.1) is 0 Å². The predicted molar refractivity (Wildman–Crippen MR) is 101 cm³/mol. The molecule has 1 N–H and O–H groups in total. The molecule has 0 aliphatic carbocycles. The summed E-state index contributed by atoms with van der Waals surface area (Å²) in [6.07, 6.45) is 0. The van der Waals surface area contributed by atoms with Crippen molar-refractivity contribution in [3.63, 3.8) is 0 Å². The molecule has 0 fully saturated rings. The van der Waals surface area contributed by atoms with Gasteiger partial charge in [-0.1, -0.05) is 30.3 Å². The number of rotatable bonds is 2. The third-order valence-corrected chi connectivity index (χ3v) is 4.34. The normalized spacial score (nSPS) is 11.0. The van der Waals surface area contributed by atoms with E-state index >= 15 is 0 Å². The first-order valence-corrected chi connectivity index (χ1v) is 8.15. The highest BCUT2D eigenvalue weighted by atomic mass is 16.1. The van der Waals surface area contributed by atoms with E-state index in [0.717, 1.165) is 33.2 Å². The van der Waals surface area contributed by atoms with E-state index in [1.807, 2.05) is 74.5 Å². The molecule has 3 aromatic carbocycles. The average molecular weight is 327 g/mol. The van der Waals surface area contributed by atoms with Crippen LogP contribution in [0, 0.1) is 13.8 Å². The molecule has 1 heterocycles. The van der Waals surface area contributed by atoms with E-state index in [9.17, 15) is 4.79 Å². The van der Waals surface area contributed by atoms with Gasteiger partial charge < -0.3 is 5.32 Å². The molecular weight excluding hydrogens is 310 g/mol. The lowest BCUT2D eigenvalue weighted by Crippen LogP contribution is -2.11. The van der Waals surface area contributed by atoms with Crippen LogP contribution in [0.1, 0.15) is 21.7 Å². The quantitative estimate of drug-likeness (QED) is 0.583. The van der Waals surface area contributed by atoms with Gasteiger partial charge in [-0.3, -0.25) is 4.79 Å². The SMILES string of the molecule is Cc1nc2ccc(NC(=O)c3ccc4ccccc4c3)cc2nc1C. The molecule has 0 bridgehead atoms. The molecule has 0 radical (unpaired) electrons. The molecule has 0 aliphatic heterocycles. The van der Waals surface area contributed by atoms with Gasteiger partial charge in [-0.2, -0.15) is 0 Å². The number of aromatic nitrogens is 2. The number of nitrogens with one attached hydrogen (secondary N) is 1. The first-order chi connectivity index (χ1) is 12.1. The highest BCUT2D eigenvalue weighted by Crippen LogP contribution is 2.20. The van der Waals surface area contributed by atoms with Crippen molar-refractivity contribution in [2.75, 3.05) is 5.32 Å². The van der Waals surface area contributed by atoms with E-state index in [4.69, 9.17) is 0 Å². The Morgan fingerprint density at radius 3 is 2.32 bits per heavy atom. The van der Waals surface area contributed by atoms with Gasteiger partial charge >= 0.3 is 0 Å². The summed E-state index contributed by atoms with van der Waals surface area (Å²) >= 11 is 0. The van der Waals surface area contributed by atoms with Crippen molar-refractivity contribution < 1.29 is 4.79 Å². The van der Waals surface area contributed by atoms with Crippen LogP contribution < -0.4 is 5.32 Å². The molecule has 4 nitrogen and oxygen atoms in total. The number of anilines is 1. The zero-order valence-corrected chi connectivity index (χ0v) is 14.1. The summed E-state index contributed by atoms with van der Waals surface area (Å²) < 4.78 is 0. The van der Waals surface area contributed by atoms with Gasteiger partial charge in [0, 0.05) is 11.3 Å². The first kappa shape index (κ1) is 15.3. The lowest BCUT2D eigenvalue weighted by atomic mass is 10.1. The van der Waals surface area contributed by atoms with Crippen LogP contribution in [0.2, 0.25) is 0 Å². The number of nitrogens with zero attached hydrogens (tertiary/aromatic N) is 2. The van der Waals surface area contributed by atoms with Crippen molar-refractivity contribution >= 4 is 33.4 Å². The van der Waals surface area contributed by atoms with E-state index in [-0.39, 0.29) is 5.91 Å². The smallest absolute Gasteiger partial charge is 0.255 e. The summed E-state index contributed by atoms with van der Waals surface area (Å²) in [7, 11) is 0. The monoisotopic (exact) mass is 327 g/mol. The third kappa shape index (κ3) is 2.94. The summed E-state index contributed by atoms with van der Waals surface area (Å²) in [5, 5.41) is 5.11. The second kappa shape index (κ2) is 5.98. The van der Waals surface area contributed by atoms with Crippen molar-refractivity contribution in [3.05, 3.63) is 77.6 Å². The topological polar surface area (TPSA) is 54.9 Å². The number of aryl methyl sites for hydroxylation is 2. The van der Waals surface area contributed by atoms with E-state index in [2.05, 4.69) is 15.3 Å². The van der Waals surface area contributed by atoms with Gasteiger partial charge in [-0.25, -0.2) is 9.97 Å². The number of benzene rings is 3. The standard InChI is InChI=1S/C21H17N3O/c1-13-14(2)23-20-12-18(9-10-19(20)22-13)24-21(25)17-8-7-15-5-3-4-6-16(15)11-17/h3-12H,1-2H3,(H,24,25). The van der Waals surface area contributed by atoms with Crippen LogP contribution in [-0.2, 0) is 0 Å². The Bertz CT molecular complexity index is 1120. The molecule has 0 aliphatic rings. The van der Waals surface area contributed by atoms with E-state index < -0.39 is 0 Å². The molecule has 25 heavy (non-hydrogen) atoms. The summed E-state index contributed by atoms with van der Waals surface area (Å²) in [5.41, 5.74) is 4.75. The molecule has 4 aromatic rings. The molecule has 1 aromatic heterocycles. The van der Waals surface area contributed by atoms with Crippen molar-refractivity contribution in [2.24, 2.45) is 0 Å². The number of carbonyl (C=O) groups is 1. The van der Waals surface area contributed by atoms with Gasteiger partial charge in [0.1, 0.15) is 0 Å². The molecule has 4 heteroatoms. The van der Waals surface area contributed by atoms with Crippen molar-refractivity contribution in [1.82, 2.24) is 9.97 Å². The minimum Gasteiger partial charge on any atom is -0.322 e. The Morgan fingerprint density at radius 1 is 0.800 bits per heavy atom. The number of fused-ring (bicyclic) bond motifs is 2. The summed E-state index contributed by atoms with van der Waals surface area (Å²) in [4.78, 5) is 21.6. The van der Waals surface area contributed by atoms with Crippen LogP contribution in [0.25, 0.3) is 21.8 Å². The summed E-state index contributed by atoms with van der Waals surface area (Å²) in [6.45, 7) is 3.87. The van der Waals surface area contributed by atoms with E-state index in [1.54, 1.807) is 0 Å². The maximum atomic E-state index is 12.6. The Balaban J connectivity index is 1.65. The lowest BCUT2D eigenvalue weighted by Gasteiger charge is -2.08. The van der Waals surface area contributed by atoms with Crippen LogP contribution in [-0.4, -0.2) is 15.9 Å². The predicted octanol–water partition coefficient (Wildman–Crippen LogP) is 4.65. The molecule has 1 amide bonds. The fraction of sp³-hybridized carbons (Fsp3) is 0.0952. The second-order valence-electron chi connectivity index (χ2n) is 6.11. The van der Waals surface area contributed by atoms with E-state index in [1.165, 1.54) is 0 Å². The number of hydrogen-bond donors (Lipinski definition) is 1. The van der Waals surface area contributed by atoms with Gasteiger partial charge in [0.15, 0.2) is 0 Å². The van der Waals surface area contributed by atoms with E-state index in [0.29, 0.717) is 11.3 Å². The average Bonchev–Trinajstić information content (AvgIpc) is 2.62. The third-order valence-electron chi connectivity index (χ3n) is 4.34. The first-order valence-electron chi connectivity index (χ1n) is 8.15. The summed E-state index contributed by atoms with van der Waals surface area (Å²) in [5.74, 6) is -0.137. The highest BCUT2D eigenvalue weighted by molar-refractivity contribution is 6.07. The maximum absolute atomic E-state index is 12.6. The van der Waals surface area contributed by atoms with Gasteiger partial charge in [0.05, 0.1) is 22.4 Å². The van der Waals surface area contributed by atoms with Crippen LogP contribution in [0.5, 0.6) is 0 Å². The number of carbonyl (C=O) groups excluding carboxylic acids is 1. The van der Waals surface area contributed by atoms with Crippen molar-refractivity contribution in [2.45, 2.75) is 13.8 Å². The van der Waals surface area contributed by atoms with Gasteiger partial charge in [-0.05, 0) is 55.0 Å². The van der Waals surface area contributed by atoms with Crippen molar-refractivity contribution in [1.29, 1.82) is 0 Å². The summed E-state index contributed by atoms with van der Waals surface area (Å²) in [6, 6.07) is 19.3. The Hall–Kier alpha value is -3.27. The molecule has 4 rings (SSSR count). The highest BCUT2D eigenvalue weighted by Gasteiger charge is 2.08. The zero-order chi connectivity index (χ0) is 17.4. The number of amides is 1. The van der Waals surface area contributed by atoms with Crippen LogP contribution in [0.4, 0.5) is 5.69 Å². The van der Waals surface area contributed by atoms with Crippen LogP contribution in [0.3, 0.4) is 0 Å².